The first kappa shape index (κ1) is 23.8. The summed E-state index contributed by atoms with van der Waals surface area (Å²) in [5.74, 6) is -3.52. The molecule has 0 aromatic heterocycles. The molecule has 2 N–H and O–H groups in total. The van der Waals surface area contributed by atoms with Crippen LogP contribution in [0.25, 0.3) is 0 Å². The second-order valence-corrected chi connectivity index (χ2v) is 9.12. The predicted molar refractivity (Wildman–Crippen MR) is 107 cm³/mol. The molecule has 1 fully saturated rings. The van der Waals surface area contributed by atoms with Crippen molar-refractivity contribution in [3.63, 3.8) is 0 Å². The third-order valence-corrected chi connectivity index (χ3v) is 6.14. The molecule has 1 heterocycles. The maximum atomic E-state index is 15.1. The van der Waals surface area contributed by atoms with E-state index in [1.807, 2.05) is 0 Å². The molecular weight excluding hydrogens is 403 g/mol. The minimum Gasteiger partial charge on any atom is -0.462 e. The molecule has 1 aliphatic rings. The molecule has 0 radical (unpaired) electrons. The molecule has 1 saturated heterocycles. The van der Waals surface area contributed by atoms with E-state index in [0.29, 0.717) is 0 Å². The van der Waals surface area contributed by atoms with E-state index >= 15 is 4.39 Å². The maximum absolute atomic E-state index is 15.1. The summed E-state index contributed by atoms with van der Waals surface area (Å²) in [6.45, 7) is 5.56. The lowest BCUT2D eigenvalue weighted by atomic mass is 9.86. The highest BCUT2D eigenvalue weighted by molar-refractivity contribution is 7.52. The molecule has 29 heavy (non-hydrogen) atoms. The monoisotopic (exact) mass is 431 g/mol. The number of esters is 1. The molecule has 0 spiro atoms. The summed E-state index contributed by atoms with van der Waals surface area (Å²) >= 11 is 0. The molecule has 1 aromatic rings. The first-order valence-electron chi connectivity index (χ1n) is 9.48. The minimum atomic E-state index is -4.24. The number of ether oxygens (including phenoxy) is 2. The first-order chi connectivity index (χ1) is 13.5. The van der Waals surface area contributed by atoms with Gasteiger partial charge in [-0.1, -0.05) is 25.1 Å². The van der Waals surface area contributed by atoms with Gasteiger partial charge in [-0.15, -0.1) is 0 Å². The number of aliphatic hydroxyl groups is 1. The average Bonchev–Trinajstić information content (AvgIpc) is 2.84. The van der Waals surface area contributed by atoms with Gasteiger partial charge in [0.2, 0.25) is 0 Å². The standard InChI is InChI=1S/C18H28BFNO7P/c1-11(2)26-17(23)13(4)21-29(24,28-14-8-6-5-7-9-14)25-10-18(20)15(22)12(3)16(19)27-18/h5-9,11-13,15-16,22H,10,19H2,1-4H3,(H,21,24)/t12?,13-,15-,16+,18+,29?/m0/s1. The Kier molecular flexibility index (Phi) is 7.87. The molecular formula is C18H28BFNO7P. The van der Waals surface area contributed by atoms with Gasteiger partial charge in [0.1, 0.15) is 32.3 Å². The van der Waals surface area contributed by atoms with Gasteiger partial charge in [0.15, 0.2) is 0 Å². The van der Waals surface area contributed by atoms with E-state index in [-0.39, 0.29) is 11.9 Å². The van der Waals surface area contributed by atoms with Gasteiger partial charge < -0.3 is 19.1 Å². The zero-order valence-electron chi connectivity index (χ0n) is 17.2. The number of hydrogen-bond acceptors (Lipinski definition) is 7. The van der Waals surface area contributed by atoms with Crippen LogP contribution in [0.3, 0.4) is 0 Å². The number of carbonyl (C=O) groups is 1. The molecule has 2 unspecified atom stereocenters. The van der Waals surface area contributed by atoms with E-state index in [0.717, 1.165) is 0 Å². The average molecular weight is 431 g/mol. The molecule has 1 aromatic carbocycles. The summed E-state index contributed by atoms with van der Waals surface area (Å²) in [6, 6.07) is 6.49. The third kappa shape index (κ3) is 6.26. The quantitative estimate of drug-likeness (QED) is 0.347. The predicted octanol–water partition coefficient (Wildman–Crippen LogP) is 1.77. The van der Waals surface area contributed by atoms with Gasteiger partial charge in [-0.25, -0.2) is 8.96 Å². The largest absolute Gasteiger partial charge is 0.462 e. The van der Waals surface area contributed by atoms with Crippen LogP contribution in [0.2, 0.25) is 0 Å². The second kappa shape index (κ2) is 9.58. The smallest absolute Gasteiger partial charge is 0.459 e. The van der Waals surface area contributed by atoms with Gasteiger partial charge in [0, 0.05) is 11.9 Å². The van der Waals surface area contributed by atoms with Crippen LogP contribution in [-0.4, -0.2) is 55.6 Å². The number of rotatable bonds is 9. The number of alkyl halides is 1. The Bertz CT molecular complexity index is 740. The van der Waals surface area contributed by atoms with Crippen LogP contribution in [0.15, 0.2) is 30.3 Å². The molecule has 0 bridgehead atoms. The van der Waals surface area contributed by atoms with E-state index in [1.165, 1.54) is 19.1 Å². The second-order valence-electron chi connectivity index (χ2n) is 7.42. The van der Waals surface area contributed by atoms with Crippen LogP contribution < -0.4 is 9.61 Å². The Morgan fingerprint density at radius 1 is 1.38 bits per heavy atom. The van der Waals surface area contributed by atoms with Gasteiger partial charge in [-0.3, -0.25) is 9.32 Å². The molecule has 11 heteroatoms. The van der Waals surface area contributed by atoms with Crippen LogP contribution in [0, 0.1) is 5.92 Å². The Hall–Kier alpha value is -1.45. The van der Waals surface area contributed by atoms with Crippen molar-refractivity contribution in [1.82, 2.24) is 5.09 Å². The zero-order chi connectivity index (χ0) is 21.8. The summed E-state index contributed by atoms with van der Waals surface area (Å²) in [5.41, 5.74) is 0. The summed E-state index contributed by atoms with van der Waals surface area (Å²) in [5, 5.41) is 12.6. The van der Waals surface area contributed by atoms with E-state index in [9.17, 15) is 14.5 Å². The van der Waals surface area contributed by atoms with Crippen molar-refractivity contribution >= 4 is 21.6 Å². The molecule has 2 rings (SSSR count). The first-order valence-corrected chi connectivity index (χ1v) is 11.0. The number of hydrogen-bond donors (Lipinski definition) is 2. The van der Waals surface area contributed by atoms with Gasteiger partial charge in [-0.05, 0) is 32.9 Å². The van der Waals surface area contributed by atoms with Crippen molar-refractivity contribution < 1.29 is 37.4 Å². The lowest BCUT2D eigenvalue weighted by molar-refractivity contribution is -0.182. The topological polar surface area (TPSA) is 103 Å². The lowest BCUT2D eigenvalue weighted by Crippen LogP contribution is -2.42. The van der Waals surface area contributed by atoms with Crippen LogP contribution in [-0.2, 0) is 23.4 Å². The molecule has 0 aliphatic carbocycles. The fraction of sp³-hybridized carbons (Fsp3) is 0.611. The summed E-state index contributed by atoms with van der Waals surface area (Å²) in [7, 11) is -2.62. The number of nitrogens with one attached hydrogen (secondary N) is 1. The fourth-order valence-corrected chi connectivity index (χ4v) is 4.27. The molecule has 162 valence electrons. The van der Waals surface area contributed by atoms with Crippen LogP contribution in [0.1, 0.15) is 27.7 Å². The fourth-order valence-electron chi connectivity index (χ4n) is 2.76. The van der Waals surface area contributed by atoms with Crippen molar-refractivity contribution in [2.75, 3.05) is 6.61 Å². The van der Waals surface area contributed by atoms with Crippen LogP contribution >= 0.6 is 7.75 Å². The normalized spacial score (nSPS) is 30.0. The summed E-state index contributed by atoms with van der Waals surface area (Å²) in [4.78, 5) is 12.1. The highest BCUT2D eigenvalue weighted by Gasteiger charge is 2.53. The summed E-state index contributed by atoms with van der Waals surface area (Å²) < 4.78 is 49.3. The molecule has 8 nitrogen and oxygen atoms in total. The molecule has 1 aliphatic heterocycles. The highest BCUT2D eigenvalue weighted by atomic mass is 31.2. The van der Waals surface area contributed by atoms with E-state index in [2.05, 4.69) is 5.09 Å². The Balaban J connectivity index is 2.16. The van der Waals surface area contributed by atoms with Crippen molar-refractivity contribution in [1.29, 1.82) is 0 Å². The van der Waals surface area contributed by atoms with Crippen molar-refractivity contribution in [3.8, 4) is 5.75 Å². The van der Waals surface area contributed by atoms with E-state index in [4.69, 9.17) is 18.5 Å². The van der Waals surface area contributed by atoms with Gasteiger partial charge >= 0.3 is 13.7 Å². The van der Waals surface area contributed by atoms with Gasteiger partial charge in [0.05, 0.1) is 6.10 Å². The number of aliphatic hydroxyl groups excluding tert-OH is 1. The maximum Gasteiger partial charge on any atom is 0.459 e. The number of benzene rings is 1. The van der Waals surface area contributed by atoms with E-state index in [1.54, 1.807) is 46.8 Å². The SMILES string of the molecule is B[C@@H]1O[C@](F)(COP(=O)(N[C@@H](C)C(=O)OC(C)C)Oc2ccccc2)[C@@H](O)C1C. The Morgan fingerprint density at radius 2 is 2.00 bits per heavy atom. The minimum absolute atomic E-state index is 0.190. The van der Waals surface area contributed by atoms with Crippen molar-refractivity contribution in [2.45, 2.75) is 57.8 Å². The summed E-state index contributed by atoms with van der Waals surface area (Å²) in [6.07, 6.45) is -1.84. The number of halogens is 1. The Labute approximate surface area is 171 Å². The van der Waals surface area contributed by atoms with Gasteiger partial charge in [-0.2, -0.15) is 5.09 Å². The van der Waals surface area contributed by atoms with Crippen molar-refractivity contribution in [2.24, 2.45) is 5.92 Å². The van der Waals surface area contributed by atoms with Crippen LogP contribution in [0.4, 0.5) is 4.39 Å². The lowest BCUT2D eigenvalue weighted by Gasteiger charge is -2.28. The highest BCUT2D eigenvalue weighted by Crippen LogP contribution is 2.47. The van der Waals surface area contributed by atoms with Gasteiger partial charge in [0.25, 0.3) is 5.85 Å². The number of carbonyl (C=O) groups excluding carboxylic acids is 1. The van der Waals surface area contributed by atoms with Crippen molar-refractivity contribution in [3.05, 3.63) is 30.3 Å². The molecule has 0 amide bonds. The third-order valence-electron chi connectivity index (χ3n) is 4.52. The molecule has 0 saturated carbocycles. The molecule has 6 atom stereocenters. The zero-order valence-corrected chi connectivity index (χ0v) is 18.1. The number of para-hydroxylation sites is 1. The van der Waals surface area contributed by atoms with E-state index < -0.39 is 50.2 Å². The van der Waals surface area contributed by atoms with Crippen LogP contribution in [0.5, 0.6) is 5.75 Å². The Morgan fingerprint density at radius 3 is 2.52 bits per heavy atom.